The number of benzene rings is 2. The summed E-state index contributed by atoms with van der Waals surface area (Å²) < 4.78 is 15.9. The zero-order valence-corrected chi connectivity index (χ0v) is 13.1. The first-order chi connectivity index (χ1) is 11.7. The van der Waals surface area contributed by atoms with Gasteiger partial charge in [0.15, 0.2) is 11.7 Å². The van der Waals surface area contributed by atoms with Crippen molar-refractivity contribution in [2.45, 2.75) is 12.5 Å². The summed E-state index contributed by atoms with van der Waals surface area (Å²) in [5.74, 6) is -0.381. The van der Waals surface area contributed by atoms with Crippen molar-refractivity contribution in [1.82, 2.24) is 4.98 Å². The molecule has 0 fully saturated rings. The van der Waals surface area contributed by atoms with E-state index in [2.05, 4.69) is 11.1 Å². The Bertz CT molecular complexity index is 932. The fraction of sp³-hybridized carbons (Fsp3) is 0.222. The maximum absolute atomic E-state index is 11.9. The number of esters is 1. The fourth-order valence-electron chi connectivity index (χ4n) is 3.12. The summed E-state index contributed by atoms with van der Waals surface area (Å²) in [7, 11) is 1.36. The van der Waals surface area contributed by atoms with Gasteiger partial charge in [0.2, 0.25) is 0 Å². The minimum atomic E-state index is -0.662. The maximum Gasteiger partial charge on any atom is 0.339 e. The number of methoxy groups -OCH3 is 1. The molecule has 1 atom stereocenters. The van der Waals surface area contributed by atoms with Crippen LogP contribution >= 0.6 is 0 Å². The van der Waals surface area contributed by atoms with Gasteiger partial charge >= 0.3 is 5.97 Å². The standard InChI is InChI=1S/C18H16N2O4/c1-22-17(21)16-13-6-5-10(9-11(13)7-8-23-16)12-3-2-4-14-15(12)24-18(19)20-14/h2-6,9,16H,7-8H2,1H3,(H2,19,20). The minimum Gasteiger partial charge on any atom is -0.467 e. The van der Waals surface area contributed by atoms with E-state index in [0.29, 0.717) is 12.2 Å². The molecule has 1 aliphatic rings. The van der Waals surface area contributed by atoms with E-state index in [1.807, 2.05) is 30.3 Å². The van der Waals surface area contributed by atoms with E-state index in [-0.39, 0.29) is 12.0 Å². The van der Waals surface area contributed by atoms with Crippen molar-refractivity contribution in [3.05, 3.63) is 47.5 Å². The van der Waals surface area contributed by atoms with E-state index in [1.165, 1.54) is 7.11 Å². The van der Waals surface area contributed by atoms with Crippen LogP contribution in [0.15, 0.2) is 40.8 Å². The lowest BCUT2D eigenvalue weighted by atomic mass is 9.93. The van der Waals surface area contributed by atoms with Gasteiger partial charge in [0.05, 0.1) is 13.7 Å². The number of aromatic nitrogens is 1. The number of hydrogen-bond donors (Lipinski definition) is 1. The van der Waals surface area contributed by atoms with Crippen LogP contribution in [-0.2, 0) is 20.7 Å². The quantitative estimate of drug-likeness (QED) is 0.729. The first-order valence-corrected chi connectivity index (χ1v) is 7.65. The summed E-state index contributed by atoms with van der Waals surface area (Å²) in [4.78, 5) is 16.0. The van der Waals surface area contributed by atoms with Gasteiger partial charge in [-0.05, 0) is 29.2 Å². The highest BCUT2D eigenvalue weighted by Gasteiger charge is 2.28. The van der Waals surface area contributed by atoms with Crippen LogP contribution in [0.4, 0.5) is 6.01 Å². The van der Waals surface area contributed by atoms with Crippen LogP contribution in [-0.4, -0.2) is 24.7 Å². The Kier molecular flexibility index (Phi) is 3.46. The van der Waals surface area contributed by atoms with Crippen LogP contribution in [0.25, 0.3) is 22.2 Å². The molecule has 6 heteroatoms. The smallest absolute Gasteiger partial charge is 0.339 e. The molecule has 6 nitrogen and oxygen atoms in total. The van der Waals surface area contributed by atoms with Crippen LogP contribution in [0, 0.1) is 0 Å². The third-order valence-electron chi connectivity index (χ3n) is 4.24. The number of fused-ring (bicyclic) bond motifs is 2. The lowest BCUT2D eigenvalue weighted by Crippen LogP contribution is -2.24. The summed E-state index contributed by atoms with van der Waals surface area (Å²) in [6.45, 7) is 0.482. The Morgan fingerprint density at radius 2 is 2.21 bits per heavy atom. The number of oxazole rings is 1. The highest BCUT2D eigenvalue weighted by atomic mass is 16.6. The van der Waals surface area contributed by atoms with Gasteiger partial charge in [-0.15, -0.1) is 0 Å². The molecule has 2 aromatic carbocycles. The predicted octanol–water partition coefficient (Wildman–Crippen LogP) is 2.86. The molecule has 0 saturated carbocycles. The Labute approximate surface area is 138 Å². The zero-order valence-electron chi connectivity index (χ0n) is 13.1. The lowest BCUT2D eigenvalue weighted by Gasteiger charge is -2.24. The van der Waals surface area contributed by atoms with Gasteiger partial charge in [-0.3, -0.25) is 0 Å². The highest BCUT2D eigenvalue weighted by molar-refractivity contribution is 5.91. The molecule has 0 bridgehead atoms. The Morgan fingerprint density at radius 3 is 3.04 bits per heavy atom. The van der Waals surface area contributed by atoms with E-state index >= 15 is 0 Å². The third kappa shape index (κ3) is 2.32. The van der Waals surface area contributed by atoms with E-state index < -0.39 is 6.10 Å². The van der Waals surface area contributed by atoms with E-state index in [0.717, 1.165) is 34.2 Å². The lowest BCUT2D eigenvalue weighted by molar-refractivity contribution is -0.155. The van der Waals surface area contributed by atoms with E-state index in [4.69, 9.17) is 19.6 Å². The summed E-state index contributed by atoms with van der Waals surface area (Å²) in [5, 5.41) is 0. The summed E-state index contributed by atoms with van der Waals surface area (Å²) in [6, 6.07) is 11.8. The van der Waals surface area contributed by atoms with Crippen LogP contribution < -0.4 is 5.73 Å². The van der Waals surface area contributed by atoms with Crippen molar-refractivity contribution < 1.29 is 18.7 Å². The Morgan fingerprint density at radius 1 is 1.33 bits per heavy atom. The summed E-state index contributed by atoms with van der Waals surface area (Å²) in [5.41, 5.74) is 10.9. The van der Waals surface area contributed by atoms with Crippen molar-refractivity contribution in [2.75, 3.05) is 19.5 Å². The molecule has 0 saturated heterocycles. The molecule has 1 unspecified atom stereocenters. The first-order valence-electron chi connectivity index (χ1n) is 7.65. The summed E-state index contributed by atoms with van der Waals surface area (Å²) >= 11 is 0. The van der Waals surface area contributed by atoms with Gasteiger partial charge in [-0.25, -0.2) is 4.79 Å². The molecular formula is C18H16N2O4. The average molecular weight is 324 g/mol. The van der Waals surface area contributed by atoms with Gasteiger partial charge in [0.25, 0.3) is 6.01 Å². The molecular weight excluding hydrogens is 308 g/mol. The normalized spacial score (nSPS) is 16.8. The molecule has 24 heavy (non-hydrogen) atoms. The van der Waals surface area contributed by atoms with Gasteiger partial charge in [-0.1, -0.05) is 30.3 Å². The first kappa shape index (κ1) is 14.7. The molecule has 0 radical (unpaired) electrons. The van der Waals surface area contributed by atoms with Gasteiger partial charge in [0, 0.05) is 5.56 Å². The van der Waals surface area contributed by atoms with Crippen molar-refractivity contribution in [3.8, 4) is 11.1 Å². The monoisotopic (exact) mass is 324 g/mol. The number of carbonyl (C=O) groups excluding carboxylic acids is 1. The number of nitrogens with two attached hydrogens (primary N) is 1. The van der Waals surface area contributed by atoms with Crippen LogP contribution in [0.1, 0.15) is 17.2 Å². The topological polar surface area (TPSA) is 87.6 Å². The van der Waals surface area contributed by atoms with Gasteiger partial charge < -0.3 is 19.6 Å². The molecule has 122 valence electrons. The zero-order chi connectivity index (χ0) is 16.7. The second-order valence-corrected chi connectivity index (χ2v) is 5.64. The van der Waals surface area contributed by atoms with Crippen molar-refractivity contribution >= 4 is 23.1 Å². The average Bonchev–Trinajstić information content (AvgIpc) is 3.00. The van der Waals surface area contributed by atoms with E-state index in [1.54, 1.807) is 0 Å². The number of hydrogen-bond acceptors (Lipinski definition) is 6. The number of ether oxygens (including phenoxy) is 2. The molecule has 4 rings (SSSR count). The highest BCUT2D eigenvalue weighted by Crippen LogP contribution is 2.35. The molecule has 2 N–H and O–H groups in total. The number of para-hydroxylation sites is 1. The van der Waals surface area contributed by atoms with Crippen LogP contribution in [0.5, 0.6) is 0 Å². The molecule has 2 heterocycles. The molecule has 0 amide bonds. The molecule has 3 aromatic rings. The Balaban J connectivity index is 1.82. The number of anilines is 1. The molecule has 0 aliphatic carbocycles. The molecule has 1 aromatic heterocycles. The number of carbonyl (C=O) groups is 1. The fourth-order valence-corrected chi connectivity index (χ4v) is 3.12. The second-order valence-electron chi connectivity index (χ2n) is 5.64. The van der Waals surface area contributed by atoms with Crippen molar-refractivity contribution in [3.63, 3.8) is 0 Å². The van der Waals surface area contributed by atoms with Crippen molar-refractivity contribution in [2.24, 2.45) is 0 Å². The number of rotatable bonds is 2. The van der Waals surface area contributed by atoms with Crippen LogP contribution in [0.2, 0.25) is 0 Å². The third-order valence-corrected chi connectivity index (χ3v) is 4.24. The molecule has 1 aliphatic heterocycles. The number of nitrogen functional groups attached to an aromatic ring is 1. The maximum atomic E-state index is 11.9. The second kappa shape index (κ2) is 5.65. The Hall–Kier alpha value is -2.86. The largest absolute Gasteiger partial charge is 0.467 e. The SMILES string of the molecule is COC(=O)C1OCCc2cc(-c3cccc4nc(N)oc34)ccc21. The summed E-state index contributed by atoms with van der Waals surface area (Å²) in [6.07, 6.45) is 0.0788. The van der Waals surface area contributed by atoms with Gasteiger partial charge in [-0.2, -0.15) is 4.98 Å². The van der Waals surface area contributed by atoms with Crippen molar-refractivity contribution in [1.29, 1.82) is 0 Å². The number of nitrogens with zero attached hydrogens (tertiary/aromatic N) is 1. The van der Waals surface area contributed by atoms with Crippen LogP contribution in [0.3, 0.4) is 0 Å². The predicted molar refractivity (Wildman–Crippen MR) is 88.3 cm³/mol. The van der Waals surface area contributed by atoms with Gasteiger partial charge in [0.1, 0.15) is 5.52 Å². The minimum absolute atomic E-state index is 0.148. The van der Waals surface area contributed by atoms with E-state index in [9.17, 15) is 4.79 Å². The molecule has 0 spiro atoms.